The maximum Gasteiger partial charge on any atom is 0.0518 e. The Bertz CT molecular complexity index is 335. The number of rotatable bonds is 9. The normalized spacial score (nSPS) is 11.0. The summed E-state index contributed by atoms with van der Waals surface area (Å²) in [7, 11) is 2.13. The van der Waals surface area contributed by atoms with Crippen LogP contribution >= 0.6 is 0 Å². The highest BCUT2D eigenvalue weighted by Crippen LogP contribution is 2.12. The van der Waals surface area contributed by atoms with Crippen molar-refractivity contribution >= 4 is 5.69 Å². The number of aryl methyl sites for hydroxylation is 1. The van der Waals surface area contributed by atoms with Crippen molar-refractivity contribution in [3.63, 3.8) is 0 Å². The Morgan fingerprint density at radius 2 is 1.84 bits per heavy atom. The first-order chi connectivity index (χ1) is 9.09. The molecule has 0 saturated carbocycles. The Morgan fingerprint density at radius 3 is 2.47 bits per heavy atom. The fourth-order valence-electron chi connectivity index (χ4n) is 1.82. The Kier molecular flexibility index (Phi) is 7.53. The first kappa shape index (κ1) is 16.0. The van der Waals surface area contributed by atoms with E-state index in [0.29, 0.717) is 6.10 Å². The monoisotopic (exact) mass is 264 g/mol. The molecule has 0 amide bonds. The van der Waals surface area contributed by atoms with Gasteiger partial charge in [-0.2, -0.15) is 0 Å². The molecule has 1 aromatic rings. The van der Waals surface area contributed by atoms with Crippen molar-refractivity contribution in [2.24, 2.45) is 0 Å². The molecule has 0 aliphatic heterocycles. The summed E-state index contributed by atoms with van der Waals surface area (Å²) in [6.07, 6.45) is 1.42. The molecule has 3 heteroatoms. The van der Waals surface area contributed by atoms with E-state index in [1.54, 1.807) is 0 Å². The summed E-state index contributed by atoms with van der Waals surface area (Å²) in [5.41, 5.74) is 2.58. The molecule has 0 aliphatic rings. The van der Waals surface area contributed by atoms with Gasteiger partial charge in [0, 0.05) is 32.4 Å². The van der Waals surface area contributed by atoms with Crippen LogP contribution in [0.3, 0.4) is 0 Å². The van der Waals surface area contributed by atoms with Gasteiger partial charge in [-0.15, -0.1) is 0 Å². The van der Waals surface area contributed by atoms with Crippen LogP contribution in [0.1, 0.15) is 25.8 Å². The van der Waals surface area contributed by atoms with E-state index in [1.165, 1.54) is 11.3 Å². The Morgan fingerprint density at radius 1 is 1.16 bits per heavy atom. The molecule has 0 bridgehead atoms. The van der Waals surface area contributed by atoms with Gasteiger partial charge in [0.1, 0.15) is 0 Å². The number of hydrogen-bond acceptors (Lipinski definition) is 3. The number of nitrogens with zero attached hydrogens (tertiary/aromatic N) is 1. The standard InChI is InChI=1S/C16H28N2O/c1-14(2)19-13-5-10-17-11-12-18(4)16-8-6-15(3)7-9-16/h6-9,14,17H,5,10-13H2,1-4H3. The third kappa shape index (κ3) is 7.19. The zero-order chi connectivity index (χ0) is 14.1. The lowest BCUT2D eigenvalue weighted by atomic mass is 10.2. The van der Waals surface area contributed by atoms with Gasteiger partial charge in [-0.25, -0.2) is 0 Å². The minimum atomic E-state index is 0.340. The molecule has 0 unspecified atom stereocenters. The highest BCUT2D eigenvalue weighted by Gasteiger charge is 1.99. The highest BCUT2D eigenvalue weighted by atomic mass is 16.5. The molecule has 0 fully saturated rings. The van der Waals surface area contributed by atoms with Crippen LogP contribution < -0.4 is 10.2 Å². The van der Waals surface area contributed by atoms with Gasteiger partial charge in [-0.3, -0.25) is 0 Å². The number of nitrogens with one attached hydrogen (secondary N) is 1. The summed E-state index contributed by atoms with van der Waals surface area (Å²) >= 11 is 0. The van der Waals surface area contributed by atoms with Gasteiger partial charge in [0.15, 0.2) is 0 Å². The van der Waals surface area contributed by atoms with Gasteiger partial charge < -0.3 is 15.0 Å². The summed E-state index contributed by atoms with van der Waals surface area (Å²) in [4.78, 5) is 2.27. The molecule has 3 nitrogen and oxygen atoms in total. The summed E-state index contributed by atoms with van der Waals surface area (Å²) < 4.78 is 5.50. The van der Waals surface area contributed by atoms with Crippen LogP contribution in [0.25, 0.3) is 0 Å². The highest BCUT2D eigenvalue weighted by molar-refractivity contribution is 5.46. The van der Waals surface area contributed by atoms with E-state index < -0.39 is 0 Å². The summed E-state index contributed by atoms with van der Waals surface area (Å²) in [5, 5.41) is 3.45. The fourth-order valence-corrected chi connectivity index (χ4v) is 1.82. The molecule has 0 spiro atoms. The minimum Gasteiger partial charge on any atom is -0.379 e. The van der Waals surface area contributed by atoms with Gasteiger partial charge >= 0.3 is 0 Å². The zero-order valence-electron chi connectivity index (χ0n) is 12.8. The zero-order valence-corrected chi connectivity index (χ0v) is 12.8. The van der Waals surface area contributed by atoms with Gasteiger partial charge in [0.2, 0.25) is 0 Å². The third-order valence-corrected chi connectivity index (χ3v) is 3.05. The lowest BCUT2D eigenvalue weighted by Gasteiger charge is -2.19. The second-order valence-corrected chi connectivity index (χ2v) is 5.28. The van der Waals surface area contributed by atoms with E-state index in [9.17, 15) is 0 Å². The van der Waals surface area contributed by atoms with Crippen LogP contribution in [-0.2, 0) is 4.74 Å². The summed E-state index contributed by atoms with van der Waals surface area (Å²) in [5.74, 6) is 0. The maximum atomic E-state index is 5.50. The number of ether oxygens (including phenoxy) is 1. The molecule has 0 aliphatic carbocycles. The van der Waals surface area contributed by atoms with Crippen LogP contribution in [0.5, 0.6) is 0 Å². The van der Waals surface area contributed by atoms with Crippen LogP contribution in [0.15, 0.2) is 24.3 Å². The van der Waals surface area contributed by atoms with Crippen molar-refractivity contribution < 1.29 is 4.74 Å². The molecule has 0 aromatic heterocycles. The number of benzene rings is 1. The largest absolute Gasteiger partial charge is 0.379 e. The molecular formula is C16H28N2O. The second-order valence-electron chi connectivity index (χ2n) is 5.28. The van der Waals surface area contributed by atoms with Crippen molar-refractivity contribution in [3.8, 4) is 0 Å². The van der Waals surface area contributed by atoms with Crippen LogP contribution in [-0.4, -0.2) is 39.4 Å². The maximum absolute atomic E-state index is 5.50. The molecule has 1 aromatic carbocycles. The Balaban J connectivity index is 2.07. The smallest absolute Gasteiger partial charge is 0.0518 e. The van der Waals surface area contributed by atoms with Crippen molar-refractivity contribution in [1.29, 1.82) is 0 Å². The Labute approximate surface area is 118 Å². The average Bonchev–Trinajstić information content (AvgIpc) is 2.38. The van der Waals surface area contributed by atoms with E-state index >= 15 is 0 Å². The van der Waals surface area contributed by atoms with Gasteiger partial charge in [-0.1, -0.05) is 17.7 Å². The third-order valence-electron chi connectivity index (χ3n) is 3.05. The predicted octanol–water partition coefficient (Wildman–Crippen LogP) is 2.84. The Hall–Kier alpha value is -1.06. The van der Waals surface area contributed by atoms with E-state index in [1.807, 2.05) is 0 Å². The molecule has 0 saturated heterocycles. The van der Waals surface area contributed by atoms with Crippen molar-refractivity contribution in [2.75, 3.05) is 38.2 Å². The average molecular weight is 264 g/mol. The SMILES string of the molecule is Cc1ccc(N(C)CCNCCCOC(C)C)cc1. The van der Waals surface area contributed by atoms with E-state index in [2.05, 4.69) is 62.3 Å². The van der Waals surface area contributed by atoms with E-state index in [4.69, 9.17) is 4.74 Å². The number of likely N-dealkylation sites (N-methyl/N-ethyl adjacent to an activating group) is 1. The van der Waals surface area contributed by atoms with E-state index in [0.717, 1.165) is 32.7 Å². The van der Waals surface area contributed by atoms with Crippen LogP contribution in [0.2, 0.25) is 0 Å². The quantitative estimate of drug-likeness (QED) is 0.694. The fraction of sp³-hybridized carbons (Fsp3) is 0.625. The summed E-state index contributed by atoms with van der Waals surface area (Å²) in [6, 6.07) is 8.66. The first-order valence-electron chi connectivity index (χ1n) is 7.19. The van der Waals surface area contributed by atoms with Crippen molar-refractivity contribution in [3.05, 3.63) is 29.8 Å². The molecular weight excluding hydrogens is 236 g/mol. The van der Waals surface area contributed by atoms with Crippen molar-refractivity contribution in [2.45, 2.75) is 33.3 Å². The topological polar surface area (TPSA) is 24.5 Å². The molecule has 0 heterocycles. The number of hydrogen-bond donors (Lipinski definition) is 1. The second kappa shape index (κ2) is 8.94. The molecule has 1 rings (SSSR count). The van der Waals surface area contributed by atoms with Crippen molar-refractivity contribution in [1.82, 2.24) is 5.32 Å². The minimum absolute atomic E-state index is 0.340. The lowest BCUT2D eigenvalue weighted by molar-refractivity contribution is 0.0771. The van der Waals surface area contributed by atoms with Crippen LogP contribution in [0.4, 0.5) is 5.69 Å². The predicted molar refractivity (Wildman–Crippen MR) is 83.0 cm³/mol. The first-order valence-corrected chi connectivity index (χ1v) is 7.19. The molecule has 0 atom stereocenters. The van der Waals surface area contributed by atoms with Gasteiger partial charge in [0.05, 0.1) is 6.10 Å². The number of anilines is 1. The molecule has 1 N–H and O–H groups in total. The van der Waals surface area contributed by atoms with Crippen LogP contribution in [0, 0.1) is 6.92 Å². The van der Waals surface area contributed by atoms with Gasteiger partial charge in [-0.05, 0) is 45.9 Å². The molecule has 19 heavy (non-hydrogen) atoms. The molecule has 0 radical (unpaired) electrons. The van der Waals surface area contributed by atoms with E-state index in [-0.39, 0.29) is 0 Å². The van der Waals surface area contributed by atoms with Gasteiger partial charge in [0.25, 0.3) is 0 Å². The molecule has 108 valence electrons. The lowest BCUT2D eigenvalue weighted by Crippen LogP contribution is -2.30. The summed E-state index contributed by atoms with van der Waals surface area (Å²) in [6.45, 7) is 10.2.